The van der Waals surface area contributed by atoms with Crippen LogP contribution < -0.4 is 0 Å². The van der Waals surface area contributed by atoms with E-state index >= 15 is 0 Å². The quantitative estimate of drug-likeness (QED) is 0.637. The molecule has 0 spiro atoms. The van der Waals surface area contributed by atoms with Gasteiger partial charge in [0.2, 0.25) is 0 Å². The molecule has 2 bridgehead atoms. The van der Waals surface area contributed by atoms with Gasteiger partial charge in [0.1, 0.15) is 0 Å². The molecule has 2 unspecified atom stereocenters. The van der Waals surface area contributed by atoms with Gasteiger partial charge in [0, 0.05) is 18.1 Å². The number of piperidine rings is 1. The van der Waals surface area contributed by atoms with Gasteiger partial charge in [0.25, 0.3) is 0 Å². The molecule has 1 nitrogen and oxygen atoms in total. The van der Waals surface area contributed by atoms with Crippen LogP contribution in [0.1, 0.15) is 81.1 Å². The molecular formula is C18H35N. The molecule has 0 saturated carbocycles. The second kappa shape index (κ2) is 4.48. The Hall–Kier alpha value is -0.0400. The summed E-state index contributed by atoms with van der Waals surface area (Å²) in [5.41, 5.74) is 1.28. The molecule has 1 heteroatoms. The maximum atomic E-state index is 2.83. The topological polar surface area (TPSA) is 3.24 Å². The van der Waals surface area contributed by atoms with Crippen LogP contribution >= 0.6 is 0 Å². The molecule has 0 N–H and O–H groups in total. The zero-order valence-electron chi connectivity index (χ0n) is 14.5. The fourth-order valence-corrected chi connectivity index (χ4v) is 5.48. The Labute approximate surface area is 121 Å². The summed E-state index contributed by atoms with van der Waals surface area (Å²) in [5, 5.41) is 0. The number of hydrogen-bond donors (Lipinski definition) is 0. The average Bonchev–Trinajstić information content (AvgIpc) is 2.46. The highest BCUT2D eigenvalue weighted by molar-refractivity contribution is 5.09. The maximum Gasteiger partial charge on any atom is 0.0107 e. The Balaban J connectivity index is 2.37. The van der Waals surface area contributed by atoms with E-state index in [0.717, 1.165) is 18.1 Å². The third-order valence-electron chi connectivity index (χ3n) is 6.31. The second-order valence-electron chi connectivity index (χ2n) is 9.42. The molecule has 0 aromatic rings. The summed E-state index contributed by atoms with van der Waals surface area (Å²) in [4.78, 5) is 2.83. The van der Waals surface area contributed by atoms with Crippen molar-refractivity contribution < 1.29 is 0 Å². The number of nitrogens with zero attached hydrogens (tertiary/aromatic N) is 1. The predicted molar refractivity (Wildman–Crippen MR) is 84.4 cm³/mol. The minimum absolute atomic E-state index is 0.398. The summed E-state index contributed by atoms with van der Waals surface area (Å²) in [5.74, 6) is 0. The largest absolute Gasteiger partial charge is 0.295 e. The zero-order chi connectivity index (χ0) is 14.6. The van der Waals surface area contributed by atoms with Gasteiger partial charge in [-0.3, -0.25) is 4.90 Å². The van der Waals surface area contributed by atoms with Crippen molar-refractivity contribution in [2.75, 3.05) is 0 Å². The van der Waals surface area contributed by atoms with Crippen molar-refractivity contribution in [2.45, 2.75) is 99.2 Å². The van der Waals surface area contributed by atoms with E-state index in [1.165, 1.54) is 25.7 Å². The molecule has 0 radical (unpaired) electrons. The van der Waals surface area contributed by atoms with Crippen LogP contribution in [0.15, 0.2) is 0 Å². The average molecular weight is 265 g/mol. The van der Waals surface area contributed by atoms with Crippen LogP contribution in [-0.2, 0) is 0 Å². The molecule has 2 saturated heterocycles. The summed E-state index contributed by atoms with van der Waals surface area (Å²) < 4.78 is 0. The van der Waals surface area contributed by atoms with Crippen molar-refractivity contribution in [3.8, 4) is 0 Å². The van der Waals surface area contributed by atoms with E-state index in [0.29, 0.717) is 16.2 Å². The van der Waals surface area contributed by atoms with Crippen molar-refractivity contribution in [3.63, 3.8) is 0 Å². The Morgan fingerprint density at radius 1 is 0.842 bits per heavy atom. The molecule has 0 aromatic heterocycles. The van der Waals surface area contributed by atoms with Gasteiger partial charge >= 0.3 is 0 Å². The van der Waals surface area contributed by atoms with E-state index in [1.54, 1.807) is 0 Å². The first kappa shape index (κ1) is 15.4. The summed E-state index contributed by atoms with van der Waals surface area (Å²) in [6.07, 6.45) is 5.65. The molecule has 2 aliphatic rings. The first-order valence-electron chi connectivity index (χ1n) is 8.27. The van der Waals surface area contributed by atoms with Gasteiger partial charge < -0.3 is 0 Å². The van der Waals surface area contributed by atoms with E-state index < -0.39 is 0 Å². The van der Waals surface area contributed by atoms with E-state index in [2.05, 4.69) is 60.3 Å². The lowest BCUT2D eigenvalue weighted by Crippen LogP contribution is -2.58. The standard InChI is InChI=1S/C18H35N/c1-13(2)19-14-9-10-15(19)12-18(11-14,16(3,4)5)17(6,7)8/h13-15H,9-12H2,1-8H3. The van der Waals surface area contributed by atoms with Gasteiger partial charge in [-0.1, -0.05) is 41.5 Å². The molecule has 19 heavy (non-hydrogen) atoms. The monoisotopic (exact) mass is 265 g/mol. The lowest BCUT2D eigenvalue weighted by Gasteiger charge is -2.60. The fourth-order valence-electron chi connectivity index (χ4n) is 5.48. The van der Waals surface area contributed by atoms with Crippen LogP contribution in [0, 0.1) is 16.2 Å². The Kier molecular flexibility index (Phi) is 3.62. The molecular weight excluding hydrogens is 230 g/mol. The van der Waals surface area contributed by atoms with Crippen LogP contribution in [-0.4, -0.2) is 23.0 Å². The first-order chi connectivity index (χ1) is 8.49. The summed E-state index contributed by atoms with van der Waals surface area (Å²) in [7, 11) is 0. The molecule has 0 aromatic carbocycles. The van der Waals surface area contributed by atoms with Crippen molar-refractivity contribution in [2.24, 2.45) is 16.2 Å². The highest BCUT2D eigenvalue weighted by atomic mass is 15.2. The Morgan fingerprint density at radius 2 is 1.21 bits per heavy atom. The first-order valence-corrected chi connectivity index (χ1v) is 8.27. The minimum atomic E-state index is 0.398. The van der Waals surface area contributed by atoms with Crippen molar-refractivity contribution >= 4 is 0 Å². The van der Waals surface area contributed by atoms with Gasteiger partial charge in [-0.2, -0.15) is 0 Å². The number of fused-ring (bicyclic) bond motifs is 2. The van der Waals surface area contributed by atoms with Crippen molar-refractivity contribution in [3.05, 3.63) is 0 Å². The number of rotatable bonds is 1. The van der Waals surface area contributed by atoms with Gasteiger partial charge in [0.05, 0.1) is 0 Å². The van der Waals surface area contributed by atoms with Gasteiger partial charge in [-0.15, -0.1) is 0 Å². The van der Waals surface area contributed by atoms with E-state index in [9.17, 15) is 0 Å². The molecule has 2 fully saturated rings. The number of hydrogen-bond acceptors (Lipinski definition) is 1. The van der Waals surface area contributed by atoms with E-state index in [4.69, 9.17) is 0 Å². The van der Waals surface area contributed by atoms with E-state index in [1.807, 2.05) is 0 Å². The normalized spacial score (nSPS) is 32.1. The van der Waals surface area contributed by atoms with E-state index in [-0.39, 0.29) is 0 Å². The second-order valence-corrected chi connectivity index (χ2v) is 9.42. The summed E-state index contributed by atoms with van der Waals surface area (Å²) in [6, 6.07) is 2.38. The van der Waals surface area contributed by atoms with Crippen LogP contribution in [0.3, 0.4) is 0 Å². The third-order valence-corrected chi connectivity index (χ3v) is 6.31. The Bertz CT molecular complexity index is 299. The maximum absolute atomic E-state index is 2.83. The molecule has 0 amide bonds. The Morgan fingerprint density at radius 3 is 1.47 bits per heavy atom. The molecule has 112 valence electrons. The van der Waals surface area contributed by atoms with Crippen molar-refractivity contribution in [1.82, 2.24) is 4.90 Å². The van der Waals surface area contributed by atoms with Crippen LogP contribution in [0.5, 0.6) is 0 Å². The fraction of sp³-hybridized carbons (Fsp3) is 1.00. The van der Waals surface area contributed by atoms with Crippen molar-refractivity contribution in [1.29, 1.82) is 0 Å². The van der Waals surface area contributed by atoms with Gasteiger partial charge in [-0.05, 0) is 55.8 Å². The van der Waals surface area contributed by atoms with Crippen LogP contribution in [0.25, 0.3) is 0 Å². The highest BCUT2D eigenvalue weighted by Gasteiger charge is 2.58. The smallest absolute Gasteiger partial charge is 0.0107 e. The lowest BCUT2D eigenvalue weighted by atomic mass is 9.49. The summed E-state index contributed by atoms with van der Waals surface area (Å²) >= 11 is 0. The lowest BCUT2D eigenvalue weighted by molar-refractivity contribution is -0.112. The van der Waals surface area contributed by atoms with Crippen LogP contribution in [0.2, 0.25) is 0 Å². The molecule has 2 aliphatic heterocycles. The minimum Gasteiger partial charge on any atom is -0.295 e. The van der Waals surface area contributed by atoms with Gasteiger partial charge in [0.15, 0.2) is 0 Å². The third kappa shape index (κ3) is 2.26. The predicted octanol–water partition coefficient (Wildman–Crippen LogP) is 5.10. The highest BCUT2D eigenvalue weighted by Crippen LogP contribution is 2.62. The van der Waals surface area contributed by atoms with Gasteiger partial charge in [-0.25, -0.2) is 0 Å². The molecule has 2 heterocycles. The summed E-state index contributed by atoms with van der Waals surface area (Å²) in [6.45, 7) is 19.6. The SMILES string of the molecule is CC(C)N1C2CCC1CC(C(C)(C)C)(C(C)(C)C)C2. The molecule has 2 atom stereocenters. The molecule has 0 aliphatic carbocycles. The molecule has 2 rings (SSSR count). The van der Waals surface area contributed by atoms with Crippen LogP contribution in [0.4, 0.5) is 0 Å². The zero-order valence-corrected chi connectivity index (χ0v) is 14.5.